The van der Waals surface area contributed by atoms with Crippen molar-refractivity contribution in [3.63, 3.8) is 0 Å². The number of amides is 1. The number of hydrogen-bond acceptors (Lipinski definition) is 4. The molecule has 0 atom stereocenters. The van der Waals surface area contributed by atoms with Gasteiger partial charge < -0.3 is 15.0 Å². The predicted molar refractivity (Wildman–Crippen MR) is 94.5 cm³/mol. The number of carbonyl (C=O) groups is 1. The fraction of sp³-hybridized carbons (Fsp3) is 0.444. The molecule has 1 amide bonds. The second-order valence-corrected chi connectivity index (χ2v) is 6.40. The van der Waals surface area contributed by atoms with Crippen LogP contribution in [0.15, 0.2) is 36.7 Å². The quantitative estimate of drug-likeness (QED) is 0.916. The van der Waals surface area contributed by atoms with Gasteiger partial charge in [0.2, 0.25) is 0 Å². The van der Waals surface area contributed by atoms with Crippen LogP contribution in [0.25, 0.3) is 0 Å². The number of anilines is 2. The molecule has 1 aliphatic rings. The van der Waals surface area contributed by atoms with Crippen LogP contribution in [0.5, 0.6) is 0 Å². The Morgan fingerprint density at radius 3 is 2.67 bits per heavy atom. The molecule has 1 N–H and O–H groups in total. The Labute approximate surface area is 142 Å². The zero-order valence-corrected chi connectivity index (χ0v) is 14.2. The van der Waals surface area contributed by atoms with E-state index in [1.807, 2.05) is 54.1 Å². The number of nitrogens with zero attached hydrogens (tertiary/aromatic N) is 3. The van der Waals surface area contributed by atoms with E-state index in [2.05, 4.69) is 10.4 Å². The minimum absolute atomic E-state index is 0.120. The van der Waals surface area contributed by atoms with Crippen molar-refractivity contribution in [1.29, 1.82) is 0 Å². The van der Waals surface area contributed by atoms with Crippen molar-refractivity contribution in [3.05, 3.63) is 42.2 Å². The Morgan fingerprint density at radius 1 is 1.29 bits per heavy atom. The summed E-state index contributed by atoms with van der Waals surface area (Å²) in [5.41, 5.74) is 2.43. The van der Waals surface area contributed by atoms with Gasteiger partial charge in [0, 0.05) is 51.3 Å². The molecule has 0 bridgehead atoms. The Kier molecular flexibility index (Phi) is 5.15. The highest BCUT2D eigenvalue weighted by Crippen LogP contribution is 2.18. The molecule has 1 fully saturated rings. The van der Waals surface area contributed by atoms with E-state index >= 15 is 0 Å². The molecule has 6 heteroatoms. The largest absolute Gasteiger partial charge is 0.381 e. The second kappa shape index (κ2) is 7.49. The number of benzene rings is 1. The Balaban J connectivity index is 1.58. The van der Waals surface area contributed by atoms with E-state index in [0.29, 0.717) is 11.5 Å². The van der Waals surface area contributed by atoms with Crippen LogP contribution in [-0.4, -0.2) is 43.0 Å². The van der Waals surface area contributed by atoms with Crippen LogP contribution < -0.4 is 10.2 Å². The molecule has 0 spiro atoms. The normalized spacial score (nSPS) is 15.2. The van der Waals surface area contributed by atoms with E-state index in [1.165, 1.54) is 0 Å². The number of ether oxygens (including phenoxy) is 1. The predicted octanol–water partition coefficient (Wildman–Crippen LogP) is 2.63. The minimum atomic E-state index is -0.120. The summed E-state index contributed by atoms with van der Waals surface area (Å²) >= 11 is 0. The van der Waals surface area contributed by atoms with Crippen LogP contribution in [-0.2, 0) is 11.3 Å². The fourth-order valence-electron chi connectivity index (χ4n) is 2.84. The summed E-state index contributed by atoms with van der Waals surface area (Å²) in [6.07, 6.45) is 5.73. The molecule has 128 valence electrons. The van der Waals surface area contributed by atoms with E-state index in [1.54, 1.807) is 6.20 Å². The summed E-state index contributed by atoms with van der Waals surface area (Å²) < 4.78 is 7.28. The average Bonchev–Trinajstić information content (AvgIpc) is 3.02. The average molecular weight is 328 g/mol. The maximum absolute atomic E-state index is 12.3. The Morgan fingerprint density at radius 2 is 2.00 bits per heavy atom. The first kappa shape index (κ1) is 16.5. The lowest BCUT2D eigenvalue weighted by atomic mass is 10.0. The van der Waals surface area contributed by atoms with Crippen LogP contribution in [0.2, 0.25) is 0 Å². The highest BCUT2D eigenvalue weighted by molar-refractivity contribution is 6.04. The number of carbonyl (C=O) groups excluding carboxylic acids is 1. The molecule has 0 aliphatic carbocycles. The van der Waals surface area contributed by atoms with Crippen molar-refractivity contribution in [3.8, 4) is 0 Å². The summed E-state index contributed by atoms with van der Waals surface area (Å²) in [6.45, 7) is 2.54. The number of rotatable bonds is 5. The minimum Gasteiger partial charge on any atom is -0.381 e. The van der Waals surface area contributed by atoms with Crippen molar-refractivity contribution < 1.29 is 9.53 Å². The molecule has 2 heterocycles. The molecule has 24 heavy (non-hydrogen) atoms. The maximum Gasteiger partial charge on any atom is 0.255 e. The highest BCUT2D eigenvalue weighted by Gasteiger charge is 2.15. The summed E-state index contributed by atoms with van der Waals surface area (Å²) in [4.78, 5) is 14.3. The van der Waals surface area contributed by atoms with Crippen molar-refractivity contribution in [2.75, 3.05) is 37.5 Å². The third kappa shape index (κ3) is 4.14. The second-order valence-electron chi connectivity index (χ2n) is 6.40. The van der Waals surface area contributed by atoms with Crippen LogP contribution in [0, 0.1) is 5.92 Å². The van der Waals surface area contributed by atoms with Gasteiger partial charge in [-0.2, -0.15) is 5.10 Å². The van der Waals surface area contributed by atoms with E-state index in [9.17, 15) is 4.79 Å². The van der Waals surface area contributed by atoms with Gasteiger partial charge in [-0.05, 0) is 43.0 Å². The third-order valence-electron chi connectivity index (χ3n) is 4.32. The smallest absolute Gasteiger partial charge is 0.255 e. The van der Waals surface area contributed by atoms with E-state index in [-0.39, 0.29) is 5.91 Å². The first-order chi connectivity index (χ1) is 11.6. The SMILES string of the molecule is CN(C)c1ccc(C(=O)Nc2cnn(CC3CCOCC3)c2)cc1. The van der Waals surface area contributed by atoms with Crippen LogP contribution in [0.1, 0.15) is 23.2 Å². The van der Waals surface area contributed by atoms with Crippen LogP contribution in [0.3, 0.4) is 0 Å². The Bertz CT molecular complexity index is 673. The van der Waals surface area contributed by atoms with Gasteiger partial charge in [0.15, 0.2) is 0 Å². The maximum atomic E-state index is 12.3. The molecule has 2 aromatic rings. The van der Waals surface area contributed by atoms with Crippen molar-refractivity contribution >= 4 is 17.3 Å². The summed E-state index contributed by atoms with van der Waals surface area (Å²) in [5.74, 6) is 0.478. The molecule has 6 nitrogen and oxygen atoms in total. The van der Waals surface area contributed by atoms with E-state index in [4.69, 9.17) is 4.74 Å². The van der Waals surface area contributed by atoms with Crippen LogP contribution in [0.4, 0.5) is 11.4 Å². The van der Waals surface area contributed by atoms with Crippen molar-refractivity contribution in [2.45, 2.75) is 19.4 Å². The first-order valence-corrected chi connectivity index (χ1v) is 8.31. The number of aromatic nitrogens is 2. The zero-order chi connectivity index (χ0) is 16.9. The standard InChI is InChI=1S/C18H24N4O2/c1-21(2)17-5-3-15(4-6-17)18(23)20-16-11-19-22(13-16)12-14-7-9-24-10-8-14/h3-6,11,13-14H,7-10,12H2,1-2H3,(H,20,23). The molecule has 3 rings (SSSR count). The monoisotopic (exact) mass is 328 g/mol. The molecular weight excluding hydrogens is 304 g/mol. The molecular formula is C18H24N4O2. The van der Waals surface area contributed by atoms with Crippen LogP contribution >= 0.6 is 0 Å². The van der Waals surface area contributed by atoms with E-state index < -0.39 is 0 Å². The number of nitrogens with one attached hydrogen (secondary N) is 1. The van der Waals surface area contributed by atoms with Gasteiger partial charge in [0.25, 0.3) is 5.91 Å². The van der Waals surface area contributed by atoms with Gasteiger partial charge in [-0.3, -0.25) is 9.48 Å². The van der Waals surface area contributed by atoms with Crippen molar-refractivity contribution in [2.24, 2.45) is 5.92 Å². The fourth-order valence-corrected chi connectivity index (χ4v) is 2.84. The lowest BCUT2D eigenvalue weighted by Gasteiger charge is -2.21. The highest BCUT2D eigenvalue weighted by atomic mass is 16.5. The van der Waals surface area contributed by atoms with Gasteiger partial charge in [-0.15, -0.1) is 0 Å². The lowest BCUT2D eigenvalue weighted by Crippen LogP contribution is -2.20. The summed E-state index contributed by atoms with van der Waals surface area (Å²) in [7, 11) is 3.95. The zero-order valence-electron chi connectivity index (χ0n) is 14.2. The first-order valence-electron chi connectivity index (χ1n) is 8.31. The van der Waals surface area contributed by atoms with E-state index in [0.717, 1.165) is 44.0 Å². The van der Waals surface area contributed by atoms with Gasteiger partial charge in [0.1, 0.15) is 0 Å². The summed E-state index contributed by atoms with van der Waals surface area (Å²) in [6, 6.07) is 7.53. The molecule has 0 radical (unpaired) electrons. The van der Waals surface area contributed by atoms with Crippen molar-refractivity contribution in [1.82, 2.24) is 9.78 Å². The molecule has 1 saturated heterocycles. The summed E-state index contributed by atoms with van der Waals surface area (Å²) in [5, 5.41) is 7.25. The third-order valence-corrected chi connectivity index (χ3v) is 4.32. The lowest BCUT2D eigenvalue weighted by molar-refractivity contribution is 0.0601. The molecule has 1 aromatic heterocycles. The molecule has 1 aliphatic heterocycles. The molecule has 0 unspecified atom stereocenters. The topological polar surface area (TPSA) is 59.4 Å². The van der Waals surface area contributed by atoms with Gasteiger partial charge in [-0.1, -0.05) is 0 Å². The van der Waals surface area contributed by atoms with Gasteiger partial charge in [0.05, 0.1) is 11.9 Å². The number of hydrogen-bond donors (Lipinski definition) is 1. The van der Waals surface area contributed by atoms with Gasteiger partial charge >= 0.3 is 0 Å². The Hall–Kier alpha value is -2.34. The molecule has 0 saturated carbocycles. The molecule has 1 aromatic carbocycles. The van der Waals surface area contributed by atoms with Gasteiger partial charge in [-0.25, -0.2) is 0 Å².